The van der Waals surface area contributed by atoms with Crippen molar-refractivity contribution in [1.82, 2.24) is 9.97 Å². The fourth-order valence-electron chi connectivity index (χ4n) is 7.68. The predicted molar refractivity (Wildman–Crippen MR) is 180 cm³/mol. The molecule has 0 aromatic carbocycles. The molecule has 12 heteroatoms. The molecule has 0 saturated carbocycles. The first kappa shape index (κ1) is 32.4. The number of rotatable bonds is 2. The van der Waals surface area contributed by atoms with Crippen LogP contribution >= 0.6 is 0 Å². The molecule has 4 fully saturated rings. The Morgan fingerprint density at radius 1 is 0.745 bits per heavy atom. The molecule has 12 nitrogen and oxygen atoms in total. The van der Waals surface area contributed by atoms with Crippen LogP contribution in [0.1, 0.15) is 57.8 Å². The maximum atomic E-state index is 12.9. The van der Waals surface area contributed by atoms with Crippen molar-refractivity contribution in [3.8, 4) is 0 Å². The average molecular weight is 651 g/mol. The van der Waals surface area contributed by atoms with E-state index in [-0.39, 0.29) is 16.9 Å². The van der Waals surface area contributed by atoms with Crippen LogP contribution in [0.4, 0.5) is 27.5 Å². The molecule has 1 N–H and O–H groups in total. The number of ether oxygens (including phenoxy) is 5. The van der Waals surface area contributed by atoms with Gasteiger partial charge in [0.05, 0.1) is 73.0 Å². The van der Waals surface area contributed by atoms with Crippen molar-refractivity contribution in [2.75, 3.05) is 112 Å². The summed E-state index contributed by atoms with van der Waals surface area (Å²) in [4.78, 5) is 29.0. The topological polar surface area (TPSA) is 111 Å². The maximum Gasteiger partial charge on any atom is 0.414 e. The lowest BCUT2D eigenvalue weighted by atomic mass is 9.78. The van der Waals surface area contributed by atoms with E-state index < -0.39 is 5.60 Å². The average Bonchev–Trinajstić information content (AvgIpc) is 3.60. The van der Waals surface area contributed by atoms with Crippen LogP contribution < -0.4 is 20.0 Å². The second kappa shape index (κ2) is 13.4. The smallest absolute Gasteiger partial charge is 0.414 e. The first-order chi connectivity index (χ1) is 22.8. The lowest BCUT2D eigenvalue weighted by Crippen LogP contribution is -2.42. The Morgan fingerprint density at radius 3 is 1.83 bits per heavy atom. The summed E-state index contributed by atoms with van der Waals surface area (Å²) in [6, 6.07) is 4.36. The van der Waals surface area contributed by atoms with Gasteiger partial charge in [-0.1, -0.05) is 0 Å². The largest absolute Gasteiger partial charge is 0.443 e. The number of anilines is 4. The van der Waals surface area contributed by atoms with Crippen LogP contribution in [-0.4, -0.2) is 114 Å². The minimum Gasteiger partial charge on any atom is -0.443 e. The SMILES string of the molecule is CC(C)(C)OC(=O)N1CC2(CCOCC2)c2ncc(N3CCOCC3)cc21.c1nc2c(cc1N1CCOCC1)NCC21CCOCC1. The van der Waals surface area contributed by atoms with Gasteiger partial charge in [0.1, 0.15) is 5.60 Å². The van der Waals surface area contributed by atoms with Crippen LogP contribution in [-0.2, 0) is 34.5 Å². The molecular weight excluding hydrogens is 600 g/mol. The van der Waals surface area contributed by atoms with E-state index in [0.29, 0.717) is 33.0 Å². The van der Waals surface area contributed by atoms with Gasteiger partial charge < -0.3 is 38.8 Å². The summed E-state index contributed by atoms with van der Waals surface area (Å²) < 4.78 is 27.7. The van der Waals surface area contributed by atoms with E-state index in [9.17, 15) is 4.79 Å². The fourth-order valence-corrected chi connectivity index (χ4v) is 7.68. The van der Waals surface area contributed by atoms with Gasteiger partial charge in [-0.25, -0.2) is 4.79 Å². The summed E-state index contributed by atoms with van der Waals surface area (Å²) in [6.45, 7) is 17.1. The van der Waals surface area contributed by atoms with Crippen molar-refractivity contribution >= 4 is 28.8 Å². The molecule has 0 unspecified atom stereocenters. The summed E-state index contributed by atoms with van der Waals surface area (Å²) >= 11 is 0. The van der Waals surface area contributed by atoms with Crippen LogP contribution in [0.3, 0.4) is 0 Å². The number of hydrogen-bond donors (Lipinski definition) is 1. The van der Waals surface area contributed by atoms with Crippen LogP contribution in [0.5, 0.6) is 0 Å². The molecule has 0 bridgehead atoms. The Morgan fingerprint density at radius 2 is 1.26 bits per heavy atom. The van der Waals surface area contributed by atoms with E-state index in [2.05, 4.69) is 27.2 Å². The number of nitrogens with one attached hydrogen (secondary N) is 1. The highest BCUT2D eigenvalue weighted by molar-refractivity contribution is 5.92. The number of fused-ring (bicyclic) bond motifs is 4. The minimum absolute atomic E-state index is 0.131. The van der Waals surface area contributed by atoms with Gasteiger partial charge in [0.25, 0.3) is 0 Å². The quantitative estimate of drug-likeness (QED) is 0.507. The van der Waals surface area contributed by atoms with Crippen LogP contribution in [0.15, 0.2) is 24.5 Å². The number of carbonyl (C=O) groups is 1. The van der Waals surface area contributed by atoms with Gasteiger partial charge >= 0.3 is 6.09 Å². The van der Waals surface area contributed by atoms with E-state index in [1.54, 1.807) is 4.90 Å². The van der Waals surface area contributed by atoms with Crippen LogP contribution in [0, 0.1) is 0 Å². The first-order valence-corrected chi connectivity index (χ1v) is 17.3. The molecule has 1 amide bonds. The third-order valence-electron chi connectivity index (χ3n) is 10.4. The van der Waals surface area contributed by atoms with Crippen LogP contribution in [0.25, 0.3) is 0 Å². The van der Waals surface area contributed by atoms with Gasteiger partial charge in [-0.15, -0.1) is 0 Å². The Hall–Kier alpha value is -3.19. The normalized spacial score (nSPS) is 23.1. The molecule has 47 heavy (non-hydrogen) atoms. The van der Waals surface area contributed by atoms with E-state index >= 15 is 0 Å². The fraction of sp³-hybridized carbons (Fsp3) is 0.686. The van der Waals surface area contributed by atoms with Gasteiger partial charge in [-0.2, -0.15) is 0 Å². The Kier molecular flexibility index (Phi) is 9.21. The number of morpholine rings is 2. The summed E-state index contributed by atoms with van der Waals surface area (Å²) in [5, 5.41) is 3.56. The molecule has 256 valence electrons. The zero-order valence-electron chi connectivity index (χ0n) is 28.2. The van der Waals surface area contributed by atoms with Gasteiger partial charge in [-0.05, 0) is 58.6 Å². The summed E-state index contributed by atoms with van der Waals surface area (Å²) in [5.74, 6) is 0. The second-order valence-corrected chi connectivity index (χ2v) is 14.6. The van der Waals surface area contributed by atoms with Gasteiger partial charge in [-0.3, -0.25) is 14.9 Å². The monoisotopic (exact) mass is 650 g/mol. The van der Waals surface area contributed by atoms with Gasteiger partial charge in [0.15, 0.2) is 0 Å². The predicted octanol–water partition coefficient (Wildman–Crippen LogP) is 4.11. The maximum absolute atomic E-state index is 12.9. The molecule has 2 aromatic heterocycles. The number of carbonyl (C=O) groups excluding carboxylic acids is 1. The van der Waals surface area contributed by atoms with Crippen molar-refractivity contribution in [3.63, 3.8) is 0 Å². The summed E-state index contributed by atoms with van der Waals surface area (Å²) in [7, 11) is 0. The Bertz CT molecular complexity index is 1410. The molecular formula is C35H50N6O6. The zero-order chi connectivity index (χ0) is 32.5. The minimum atomic E-state index is -0.530. The van der Waals surface area contributed by atoms with Crippen molar-refractivity contribution < 1.29 is 28.5 Å². The van der Waals surface area contributed by atoms with Gasteiger partial charge in [0.2, 0.25) is 0 Å². The number of aromatic nitrogens is 2. The molecule has 4 saturated heterocycles. The third-order valence-corrected chi connectivity index (χ3v) is 10.4. The van der Waals surface area contributed by atoms with Gasteiger partial charge in [0, 0.05) is 76.5 Å². The molecule has 0 radical (unpaired) electrons. The number of hydrogen-bond acceptors (Lipinski definition) is 11. The van der Waals surface area contributed by atoms with Crippen LogP contribution in [0.2, 0.25) is 0 Å². The first-order valence-electron chi connectivity index (χ1n) is 17.3. The zero-order valence-corrected chi connectivity index (χ0v) is 28.2. The van der Waals surface area contributed by atoms with Crippen molar-refractivity contribution in [1.29, 1.82) is 0 Å². The lowest BCUT2D eigenvalue weighted by molar-refractivity contribution is 0.0467. The summed E-state index contributed by atoms with van der Waals surface area (Å²) in [6.07, 6.45) is 7.60. The van der Waals surface area contributed by atoms with Crippen molar-refractivity contribution in [3.05, 3.63) is 35.9 Å². The molecule has 2 aromatic rings. The van der Waals surface area contributed by atoms with Crippen molar-refractivity contribution in [2.45, 2.75) is 62.9 Å². The van der Waals surface area contributed by atoms with E-state index in [0.717, 1.165) is 102 Å². The highest BCUT2D eigenvalue weighted by atomic mass is 16.6. The van der Waals surface area contributed by atoms with E-state index in [1.165, 1.54) is 17.1 Å². The Balaban J connectivity index is 0.000000156. The molecule has 6 aliphatic heterocycles. The highest BCUT2D eigenvalue weighted by Gasteiger charge is 2.48. The van der Waals surface area contributed by atoms with Crippen molar-refractivity contribution in [2.24, 2.45) is 0 Å². The number of amides is 1. The molecule has 0 aliphatic carbocycles. The molecule has 8 rings (SSSR count). The third kappa shape index (κ3) is 6.75. The van der Waals surface area contributed by atoms with E-state index in [4.69, 9.17) is 33.7 Å². The standard InChI is InChI=1S/C20H29N3O4.C15H21N3O2/c1-19(2,3)27-18(24)23-14-20(4-8-25-9-5-20)17-16(23)12-15(13-21-17)22-6-10-26-11-7-22;1-5-19-6-2-15(1)11-17-13-9-12(10-16-14(13)15)18-3-7-20-8-4-18/h12-13H,4-11,14H2,1-3H3;9-10,17H,1-8,11H2. The molecule has 2 spiro atoms. The second-order valence-electron chi connectivity index (χ2n) is 14.6. The Labute approximate surface area is 278 Å². The lowest BCUT2D eigenvalue weighted by Gasteiger charge is -2.33. The highest BCUT2D eigenvalue weighted by Crippen LogP contribution is 2.47. The number of nitrogens with zero attached hydrogens (tertiary/aromatic N) is 5. The molecule has 6 aliphatic rings. The summed E-state index contributed by atoms with van der Waals surface area (Å²) in [5.41, 5.74) is 6.15. The number of pyridine rings is 2. The van der Waals surface area contributed by atoms with E-state index in [1.807, 2.05) is 33.2 Å². The molecule has 0 atom stereocenters. The molecule has 8 heterocycles.